The van der Waals surface area contributed by atoms with E-state index < -0.39 is 0 Å². The molecule has 2 unspecified atom stereocenters. The van der Waals surface area contributed by atoms with E-state index >= 15 is 0 Å². The molecule has 2 aromatic rings. The molecular formula is C16H21ClN4O2S. The molecule has 0 fully saturated rings. The molecule has 0 spiro atoms. The molecule has 2 rings (SSSR count). The minimum atomic E-state index is -0.278. The zero-order chi connectivity index (χ0) is 17.0. The highest BCUT2D eigenvalue weighted by molar-refractivity contribution is 7.14. The summed E-state index contributed by atoms with van der Waals surface area (Å²) in [4.78, 5) is 27.4. The predicted molar refractivity (Wildman–Crippen MR) is 101 cm³/mol. The van der Waals surface area contributed by atoms with E-state index in [-0.39, 0.29) is 36.2 Å². The lowest BCUT2D eigenvalue weighted by Gasteiger charge is -2.13. The number of anilines is 2. The molecule has 24 heavy (non-hydrogen) atoms. The van der Waals surface area contributed by atoms with Crippen molar-refractivity contribution in [2.75, 3.05) is 10.6 Å². The third-order valence-electron chi connectivity index (χ3n) is 3.44. The molecule has 6 nitrogen and oxygen atoms in total. The van der Waals surface area contributed by atoms with Gasteiger partial charge in [0.15, 0.2) is 5.13 Å². The highest BCUT2D eigenvalue weighted by atomic mass is 35.5. The zero-order valence-corrected chi connectivity index (χ0v) is 15.3. The normalized spacial score (nSPS) is 12.7. The van der Waals surface area contributed by atoms with Crippen LogP contribution in [-0.4, -0.2) is 22.8 Å². The summed E-state index contributed by atoms with van der Waals surface area (Å²) in [6.07, 6.45) is 0. The van der Waals surface area contributed by atoms with Crippen LogP contribution in [0, 0.1) is 5.92 Å². The van der Waals surface area contributed by atoms with Gasteiger partial charge in [0.25, 0.3) is 0 Å². The summed E-state index contributed by atoms with van der Waals surface area (Å²) in [5.74, 6) is -0.527. The summed E-state index contributed by atoms with van der Waals surface area (Å²) in [6.45, 7) is 5.05. The van der Waals surface area contributed by atoms with Crippen LogP contribution >= 0.6 is 23.7 Å². The number of nitrogens with one attached hydrogen (secondary N) is 2. The van der Waals surface area contributed by atoms with Crippen molar-refractivity contribution in [3.63, 3.8) is 0 Å². The van der Waals surface area contributed by atoms with Crippen LogP contribution in [0.1, 0.15) is 20.8 Å². The van der Waals surface area contributed by atoms with Gasteiger partial charge in [-0.3, -0.25) is 9.59 Å². The molecule has 0 bridgehead atoms. The molecule has 0 aliphatic heterocycles. The van der Waals surface area contributed by atoms with E-state index in [2.05, 4.69) is 15.6 Å². The molecular weight excluding hydrogens is 348 g/mol. The van der Waals surface area contributed by atoms with Gasteiger partial charge in [-0.15, -0.1) is 23.7 Å². The molecule has 4 N–H and O–H groups in total. The van der Waals surface area contributed by atoms with E-state index in [9.17, 15) is 9.59 Å². The Bertz CT molecular complexity index is 700. The van der Waals surface area contributed by atoms with Crippen LogP contribution in [0.3, 0.4) is 0 Å². The van der Waals surface area contributed by atoms with Gasteiger partial charge in [-0.25, -0.2) is 4.98 Å². The van der Waals surface area contributed by atoms with Crippen molar-refractivity contribution < 1.29 is 9.59 Å². The van der Waals surface area contributed by atoms with Crippen molar-refractivity contribution in [2.24, 2.45) is 11.7 Å². The lowest BCUT2D eigenvalue weighted by atomic mass is 10.0. The Hall–Kier alpha value is -1.96. The highest BCUT2D eigenvalue weighted by Crippen LogP contribution is 2.26. The minimum absolute atomic E-state index is 0. The van der Waals surface area contributed by atoms with Gasteiger partial charge in [-0.05, 0) is 19.1 Å². The average molecular weight is 369 g/mol. The smallest absolute Gasteiger partial charge is 0.230 e. The molecule has 0 saturated carbocycles. The number of carbonyl (C=O) groups excluding carboxylic acids is 2. The molecule has 0 saturated heterocycles. The number of hydrogen-bond donors (Lipinski definition) is 3. The van der Waals surface area contributed by atoms with E-state index in [1.54, 1.807) is 13.8 Å². The Kier molecular flexibility index (Phi) is 7.34. The maximum Gasteiger partial charge on any atom is 0.230 e. The van der Waals surface area contributed by atoms with E-state index in [0.717, 1.165) is 16.9 Å². The van der Waals surface area contributed by atoms with E-state index in [0.29, 0.717) is 5.13 Å². The minimum Gasteiger partial charge on any atom is -0.327 e. The van der Waals surface area contributed by atoms with Gasteiger partial charge in [0.05, 0.1) is 11.6 Å². The summed E-state index contributed by atoms with van der Waals surface area (Å²) in [5.41, 5.74) is 8.14. The van der Waals surface area contributed by atoms with Gasteiger partial charge in [0.2, 0.25) is 11.8 Å². The molecule has 2 atom stereocenters. The number of hydrogen-bond acceptors (Lipinski definition) is 5. The number of carbonyl (C=O) groups is 2. The number of halogens is 1. The van der Waals surface area contributed by atoms with Crippen LogP contribution in [-0.2, 0) is 9.59 Å². The predicted octanol–water partition coefficient (Wildman–Crippen LogP) is 3.11. The Balaban J connectivity index is 0.00000288. The fourth-order valence-electron chi connectivity index (χ4n) is 1.85. The first kappa shape index (κ1) is 20.1. The van der Waals surface area contributed by atoms with Crippen LogP contribution in [0.5, 0.6) is 0 Å². The number of nitrogens with zero attached hydrogens (tertiary/aromatic N) is 1. The number of benzene rings is 1. The largest absolute Gasteiger partial charge is 0.327 e. The Morgan fingerprint density at radius 3 is 2.33 bits per heavy atom. The van der Waals surface area contributed by atoms with Crippen LogP contribution in [0.4, 0.5) is 10.8 Å². The second-order valence-corrected chi connectivity index (χ2v) is 6.29. The summed E-state index contributed by atoms with van der Waals surface area (Å²) >= 11 is 1.36. The van der Waals surface area contributed by atoms with Crippen molar-refractivity contribution in [2.45, 2.75) is 26.8 Å². The topological polar surface area (TPSA) is 97.1 Å². The number of nitrogens with two attached hydrogens (primary N) is 1. The molecule has 0 radical (unpaired) electrons. The van der Waals surface area contributed by atoms with Crippen molar-refractivity contribution >= 4 is 46.4 Å². The molecule has 0 aliphatic carbocycles. The number of aromatic nitrogens is 1. The van der Waals surface area contributed by atoms with Gasteiger partial charge in [0, 0.05) is 29.6 Å². The van der Waals surface area contributed by atoms with E-state index in [1.807, 2.05) is 29.6 Å². The van der Waals surface area contributed by atoms with Crippen molar-refractivity contribution in [3.05, 3.63) is 29.6 Å². The molecule has 1 aromatic carbocycles. The van der Waals surface area contributed by atoms with Crippen LogP contribution in [0.2, 0.25) is 0 Å². The first-order valence-electron chi connectivity index (χ1n) is 7.27. The van der Waals surface area contributed by atoms with Crippen molar-refractivity contribution in [1.82, 2.24) is 4.98 Å². The van der Waals surface area contributed by atoms with Gasteiger partial charge in [-0.2, -0.15) is 0 Å². The van der Waals surface area contributed by atoms with E-state index in [4.69, 9.17) is 5.73 Å². The van der Waals surface area contributed by atoms with E-state index in [1.165, 1.54) is 18.3 Å². The standard InChI is InChI=1S/C16H20N4O2S.ClH/c1-9(10(2)17)15(22)20-16-19-14(8-23-16)12-4-6-13(7-5-12)18-11(3)21;/h4-10H,17H2,1-3H3,(H,18,21)(H,19,20,22);1H. The quantitative estimate of drug-likeness (QED) is 0.755. The number of rotatable bonds is 5. The fourth-order valence-corrected chi connectivity index (χ4v) is 2.57. The summed E-state index contributed by atoms with van der Waals surface area (Å²) < 4.78 is 0. The second-order valence-electron chi connectivity index (χ2n) is 5.43. The van der Waals surface area contributed by atoms with Crippen molar-refractivity contribution in [3.8, 4) is 11.3 Å². The Morgan fingerprint density at radius 1 is 1.17 bits per heavy atom. The maximum absolute atomic E-state index is 12.0. The summed E-state index contributed by atoms with van der Waals surface area (Å²) in [7, 11) is 0. The molecule has 1 heterocycles. The molecule has 0 aliphatic rings. The number of thiazole rings is 1. The van der Waals surface area contributed by atoms with Gasteiger partial charge in [-0.1, -0.05) is 19.1 Å². The van der Waals surface area contributed by atoms with Crippen LogP contribution in [0.25, 0.3) is 11.3 Å². The molecule has 8 heteroatoms. The number of amides is 2. The van der Waals surface area contributed by atoms with Crippen LogP contribution < -0.4 is 16.4 Å². The fraction of sp³-hybridized carbons (Fsp3) is 0.312. The molecule has 1 aromatic heterocycles. The zero-order valence-electron chi connectivity index (χ0n) is 13.7. The van der Waals surface area contributed by atoms with Gasteiger partial charge in [0.1, 0.15) is 0 Å². The Labute approximate surface area is 151 Å². The summed E-state index contributed by atoms with van der Waals surface area (Å²) in [6, 6.07) is 7.15. The first-order chi connectivity index (χ1) is 10.9. The third-order valence-corrected chi connectivity index (χ3v) is 4.20. The Morgan fingerprint density at radius 2 is 1.79 bits per heavy atom. The molecule has 2 amide bonds. The van der Waals surface area contributed by atoms with Gasteiger partial charge >= 0.3 is 0 Å². The average Bonchev–Trinajstić information content (AvgIpc) is 2.94. The second kappa shape index (κ2) is 8.77. The lowest BCUT2D eigenvalue weighted by Crippen LogP contribution is -2.34. The lowest BCUT2D eigenvalue weighted by molar-refractivity contribution is -0.119. The van der Waals surface area contributed by atoms with Gasteiger partial charge < -0.3 is 16.4 Å². The first-order valence-corrected chi connectivity index (χ1v) is 8.15. The highest BCUT2D eigenvalue weighted by Gasteiger charge is 2.18. The SMILES string of the molecule is CC(=O)Nc1ccc(-c2csc(NC(=O)C(C)C(C)N)n2)cc1.Cl. The molecule has 130 valence electrons. The monoisotopic (exact) mass is 368 g/mol. The van der Waals surface area contributed by atoms with Crippen molar-refractivity contribution in [1.29, 1.82) is 0 Å². The summed E-state index contributed by atoms with van der Waals surface area (Å²) in [5, 5.41) is 7.91. The van der Waals surface area contributed by atoms with Crippen LogP contribution in [0.15, 0.2) is 29.6 Å². The third kappa shape index (κ3) is 5.30. The maximum atomic E-state index is 12.0.